The molecule has 0 saturated carbocycles. The van der Waals surface area contributed by atoms with Gasteiger partial charge in [0, 0.05) is 18.1 Å². The Labute approximate surface area is 169 Å². The van der Waals surface area contributed by atoms with Gasteiger partial charge in [0.25, 0.3) is 0 Å². The zero-order valence-corrected chi connectivity index (χ0v) is 16.8. The van der Waals surface area contributed by atoms with Gasteiger partial charge in [0.05, 0.1) is 23.0 Å². The third-order valence-electron chi connectivity index (χ3n) is 5.18. The number of piperidine rings is 1. The lowest BCUT2D eigenvalue weighted by molar-refractivity contribution is -0.123. The van der Waals surface area contributed by atoms with Crippen molar-refractivity contribution in [2.75, 3.05) is 31.1 Å². The Kier molecular flexibility index (Phi) is 5.31. The number of halogens is 1. The number of nitrogens with zero attached hydrogens (tertiary/aromatic N) is 2. The number of anilines is 1. The maximum Gasteiger partial charge on any atom is 0.243 e. The van der Waals surface area contributed by atoms with Gasteiger partial charge >= 0.3 is 0 Å². The zero-order valence-electron chi connectivity index (χ0n) is 15.3. The maximum absolute atomic E-state index is 13.2. The first-order chi connectivity index (χ1) is 13.5. The number of hydrogen-bond acceptors (Lipinski definition) is 4. The van der Waals surface area contributed by atoms with Crippen molar-refractivity contribution in [3.63, 3.8) is 0 Å². The van der Waals surface area contributed by atoms with Crippen LogP contribution in [0.25, 0.3) is 0 Å². The molecule has 0 aromatic heterocycles. The molecule has 0 radical (unpaired) electrons. The van der Waals surface area contributed by atoms with Crippen molar-refractivity contribution >= 4 is 33.2 Å². The number of carbonyl (C=O) groups excluding carboxylic acids is 1. The molecule has 0 unspecified atom stereocenters. The van der Waals surface area contributed by atoms with Crippen LogP contribution in [0.4, 0.5) is 5.69 Å². The summed E-state index contributed by atoms with van der Waals surface area (Å²) in [6, 6.07) is 13.6. The standard InChI is InChI=1S/C20H21ClN2O4S/c21-16-7-9-17(10-8-16)28(25,26)22-11-3-4-15(14-22)20(24)23-12-13-27-19-6-2-1-5-18(19)23/h1-2,5-10,15H,3-4,11-14H2/t15-/m0/s1. The van der Waals surface area contributed by atoms with Crippen molar-refractivity contribution < 1.29 is 17.9 Å². The van der Waals surface area contributed by atoms with E-state index in [0.717, 1.165) is 5.69 Å². The average molecular weight is 421 g/mol. The highest BCUT2D eigenvalue weighted by atomic mass is 35.5. The second-order valence-corrected chi connectivity index (χ2v) is 9.34. The molecule has 148 valence electrons. The second kappa shape index (κ2) is 7.73. The maximum atomic E-state index is 13.2. The fourth-order valence-electron chi connectivity index (χ4n) is 3.74. The fraction of sp³-hybridized carbons (Fsp3) is 0.350. The van der Waals surface area contributed by atoms with Crippen LogP contribution in [0.2, 0.25) is 5.02 Å². The second-order valence-electron chi connectivity index (χ2n) is 6.96. The van der Waals surface area contributed by atoms with Crippen molar-refractivity contribution in [1.29, 1.82) is 0 Å². The lowest BCUT2D eigenvalue weighted by Gasteiger charge is -2.36. The molecule has 1 saturated heterocycles. The van der Waals surface area contributed by atoms with Gasteiger partial charge in [-0.15, -0.1) is 0 Å². The summed E-state index contributed by atoms with van der Waals surface area (Å²) in [5, 5.41) is 0.483. The number of para-hydroxylation sites is 2. The first kappa shape index (κ1) is 19.2. The summed E-state index contributed by atoms with van der Waals surface area (Å²) in [7, 11) is -3.66. The van der Waals surface area contributed by atoms with Crippen LogP contribution < -0.4 is 9.64 Å². The van der Waals surface area contributed by atoms with E-state index in [2.05, 4.69) is 0 Å². The summed E-state index contributed by atoms with van der Waals surface area (Å²) in [5.74, 6) is 0.261. The van der Waals surface area contributed by atoms with Crippen LogP contribution in [-0.2, 0) is 14.8 Å². The molecule has 1 fully saturated rings. The largest absolute Gasteiger partial charge is 0.490 e. The van der Waals surface area contributed by atoms with Gasteiger partial charge in [-0.3, -0.25) is 4.79 Å². The predicted molar refractivity (Wildman–Crippen MR) is 107 cm³/mol. The Hall–Kier alpha value is -2.09. The molecule has 0 bridgehead atoms. The molecule has 0 spiro atoms. The molecular formula is C20H21ClN2O4S. The average Bonchev–Trinajstić information content (AvgIpc) is 2.73. The Bertz CT molecular complexity index is 978. The van der Waals surface area contributed by atoms with E-state index in [-0.39, 0.29) is 23.3 Å². The quantitative estimate of drug-likeness (QED) is 0.764. The molecule has 0 aliphatic carbocycles. The minimum absolute atomic E-state index is 0.0493. The van der Waals surface area contributed by atoms with Gasteiger partial charge < -0.3 is 9.64 Å². The molecular weight excluding hydrogens is 400 g/mol. The van der Waals surface area contributed by atoms with Gasteiger partial charge in [-0.05, 0) is 49.2 Å². The molecule has 6 nitrogen and oxygen atoms in total. The van der Waals surface area contributed by atoms with E-state index < -0.39 is 10.0 Å². The van der Waals surface area contributed by atoms with Crippen molar-refractivity contribution in [3.8, 4) is 5.75 Å². The van der Waals surface area contributed by atoms with E-state index in [1.54, 1.807) is 17.0 Å². The van der Waals surface area contributed by atoms with E-state index in [1.807, 2.05) is 24.3 Å². The summed E-state index contributed by atoms with van der Waals surface area (Å²) in [4.78, 5) is 15.1. The number of sulfonamides is 1. The number of carbonyl (C=O) groups is 1. The first-order valence-corrected chi connectivity index (χ1v) is 11.1. The van der Waals surface area contributed by atoms with E-state index in [1.165, 1.54) is 16.4 Å². The lowest BCUT2D eigenvalue weighted by Crippen LogP contribution is -2.48. The Morgan fingerprint density at radius 2 is 1.82 bits per heavy atom. The minimum Gasteiger partial charge on any atom is -0.490 e. The van der Waals surface area contributed by atoms with E-state index in [0.29, 0.717) is 43.3 Å². The normalized spacial score (nSPS) is 20.3. The third kappa shape index (κ3) is 3.62. The molecule has 2 aromatic rings. The minimum atomic E-state index is -3.66. The van der Waals surface area contributed by atoms with E-state index >= 15 is 0 Å². The number of rotatable bonds is 3. The van der Waals surface area contributed by atoms with Crippen LogP contribution in [0.3, 0.4) is 0 Å². The van der Waals surface area contributed by atoms with Crippen LogP contribution >= 0.6 is 11.6 Å². The molecule has 1 amide bonds. The topological polar surface area (TPSA) is 66.9 Å². The van der Waals surface area contributed by atoms with Gasteiger partial charge in [-0.2, -0.15) is 4.31 Å². The van der Waals surface area contributed by atoms with Gasteiger partial charge in [-0.25, -0.2) is 8.42 Å². The highest BCUT2D eigenvalue weighted by Crippen LogP contribution is 2.33. The van der Waals surface area contributed by atoms with Crippen LogP contribution in [0.1, 0.15) is 12.8 Å². The number of amides is 1. The van der Waals surface area contributed by atoms with Crippen LogP contribution in [-0.4, -0.2) is 44.9 Å². The molecule has 2 aliphatic heterocycles. The summed E-state index contributed by atoms with van der Waals surface area (Å²) in [6.45, 7) is 1.50. The van der Waals surface area contributed by atoms with E-state index in [9.17, 15) is 13.2 Å². The van der Waals surface area contributed by atoms with Crippen molar-refractivity contribution in [3.05, 3.63) is 53.6 Å². The summed E-state index contributed by atoms with van der Waals surface area (Å²) in [6.07, 6.45) is 1.32. The van der Waals surface area contributed by atoms with Crippen LogP contribution in [0.5, 0.6) is 5.75 Å². The highest BCUT2D eigenvalue weighted by molar-refractivity contribution is 7.89. The summed E-state index contributed by atoms with van der Waals surface area (Å²) >= 11 is 5.87. The molecule has 2 aromatic carbocycles. The molecule has 28 heavy (non-hydrogen) atoms. The molecule has 1 atom stereocenters. The smallest absolute Gasteiger partial charge is 0.243 e. The van der Waals surface area contributed by atoms with Gasteiger partial charge in [-0.1, -0.05) is 23.7 Å². The van der Waals surface area contributed by atoms with Crippen molar-refractivity contribution in [2.24, 2.45) is 5.92 Å². The van der Waals surface area contributed by atoms with Gasteiger partial charge in [0.15, 0.2) is 0 Å². The van der Waals surface area contributed by atoms with Gasteiger partial charge in [0.1, 0.15) is 12.4 Å². The Balaban J connectivity index is 1.54. The Morgan fingerprint density at radius 3 is 2.61 bits per heavy atom. The highest BCUT2D eigenvalue weighted by Gasteiger charge is 2.36. The monoisotopic (exact) mass is 420 g/mol. The third-order valence-corrected chi connectivity index (χ3v) is 7.31. The number of fused-ring (bicyclic) bond motifs is 1. The molecule has 2 heterocycles. The SMILES string of the molecule is O=C([C@H]1CCCN(S(=O)(=O)c2ccc(Cl)cc2)C1)N1CCOc2ccccc21. The molecule has 8 heteroatoms. The number of benzene rings is 2. The molecule has 0 N–H and O–H groups in total. The predicted octanol–water partition coefficient (Wildman–Crippen LogP) is 3.17. The summed E-state index contributed by atoms with van der Waals surface area (Å²) < 4.78 is 33.0. The Morgan fingerprint density at radius 1 is 1.07 bits per heavy atom. The summed E-state index contributed by atoms with van der Waals surface area (Å²) in [5.41, 5.74) is 0.747. The van der Waals surface area contributed by atoms with Crippen LogP contribution in [0, 0.1) is 5.92 Å². The van der Waals surface area contributed by atoms with E-state index in [4.69, 9.17) is 16.3 Å². The first-order valence-electron chi connectivity index (χ1n) is 9.26. The van der Waals surface area contributed by atoms with Crippen molar-refractivity contribution in [2.45, 2.75) is 17.7 Å². The van der Waals surface area contributed by atoms with Crippen LogP contribution in [0.15, 0.2) is 53.4 Å². The zero-order chi connectivity index (χ0) is 19.7. The fourth-order valence-corrected chi connectivity index (χ4v) is 5.39. The number of hydrogen-bond donors (Lipinski definition) is 0. The van der Waals surface area contributed by atoms with Crippen molar-refractivity contribution in [1.82, 2.24) is 4.31 Å². The molecule has 4 rings (SSSR count). The number of ether oxygens (including phenoxy) is 1. The van der Waals surface area contributed by atoms with Gasteiger partial charge in [0.2, 0.25) is 15.9 Å². The lowest BCUT2D eigenvalue weighted by atomic mass is 9.97. The molecule has 2 aliphatic rings.